The molecule has 208 valence electrons. The average molecular weight is 559 g/mol. The van der Waals surface area contributed by atoms with E-state index in [1.807, 2.05) is 0 Å². The highest BCUT2D eigenvalue weighted by Crippen LogP contribution is 2.34. The van der Waals surface area contributed by atoms with Crippen molar-refractivity contribution < 1.29 is 31.2 Å². The van der Waals surface area contributed by atoms with Gasteiger partial charge in [-0.1, -0.05) is 18.2 Å². The normalized spacial score (nSPS) is 22.1. The fraction of sp³-hybridized carbons (Fsp3) is 0.565. The number of nitrogens with one attached hydrogen (secondary N) is 1. The van der Waals surface area contributed by atoms with Crippen molar-refractivity contribution in [3.63, 3.8) is 0 Å². The van der Waals surface area contributed by atoms with E-state index >= 15 is 0 Å². The molecule has 4 rings (SSSR count). The summed E-state index contributed by atoms with van der Waals surface area (Å²) in [6, 6.07) is 5.87. The van der Waals surface area contributed by atoms with E-state index < -0.39 is 21.1 Å². The maximum absolute atomic E-state index is 12.7. The number of nitro groups is 1. The number of rotatable bonds is 8. The van der Waals surface area contributed by atoms with Crippen LogP contribution in [0.3, 0.4) is 0 Å². The van der Waals surface area contributed by atoms with Crippen LogP contribution < -0.4 is 15.8 Å². The van der Waals surface area contributed by atoms with Crippen LogP contribution in [0.15, 0.2) is 24.3 Å². The van der Waals surface area contributed by atoms with Gasteiger partial charge in [0, 0.05) is 31.2 Å². The third kappa shape index (κ3) is 7.22. The van der Waals surface area contributed by atoms with Crippen LogP contribution in [-0.2, 0) is 22.8 Å². The third-order valence-corrected chi connectivity index (χ3v) is 8.60. The summed E-state index contributed by atoms with van der Waals surface area (Å²) in [5.74, 6) is -0.296. The number of alkyl halides is 3. The van der Waals surface area contributed by atoms with Gasteiger partial charge in [-0.3, -0.25) is 15.0 Å². The first kappa shape index (κ1) is 27.8. The molecule has 1 aliphatic heterocycles. The summed E-state index contributed by atoms with van der Waals surface area (Å²) in [7, 11) is -2.95. The molecule has 1 aromatic carbocycles. The molecular formula is C23H29F3N6O5S. The molecule has 0 bridgehead atoms. The number of nitrogen functional groups attached to an aromatic ring is 1. The zero-order chi connectivity index (χ0) is 27.5. The molecule has 2 aromatic rings. The van der Waals surface area contributed by atoms with Gasteiger partial charge in [-0.2, -0.15) is 4.98 Å². The van der Waals surface area contributed by atoms with Crippen LogP contribution >= 0.6 is 0 Å². The molecule has 0 spiro atoms. The van der Waals surface area contributed by atoms with Gasteiger partial charge in [0.25, 0.3) is 0 Å². The number of anilines is 2. The largest absolute Gasteiger partial charge is 0.573 e. The number of hydrogen-bond acceptors (Lipinski definition) is 10. The Morgan fingerprint density at radius 2 is 1.79 bits per heavy atom. The van der Waals surface area contributed by atoms with E-state index in [0.717, 1.165) is 25.7 Å². The fourth-order valence-corrected chi connectivity index (χ4v) is 6.30. The number of halogens is 3. The van der Waals surface area contributed by atoms with Gasteiger partial charge < -0.3 is 15.8 Å². The molecular weight excluding hydrogens is 529 g/mol. The summed E-state index contributed by atoms with van der Waals surface area (Å²) in [4.78, 5) is 21.6. The maximum atomic E-state index is 12.7. The van der Waals surface area contributed by atoms with Gasteiger partial charge in [-0.25, -0.2) is 13.4 Å². The summed E-state index contributed by atoms with van der Waals surface area (Å²) in [5.41, 5.74) is 5.87. The third-order valence-electron chi connectivity index (χ3n) is 6.99. The van der Waals surface area contributed by atoms with Crippen LogP contribution in [0.25, 0.3) is 0 Å². The minimum absolute atomic E-state index is 0.0341. The van der Waals surface area contributed by atoms with Gasteiger partial charge in [-0.05, 0) is 44.1 Å². The number of para-hydroxylation sites is 1. The Kier molecular flexibility index (Phi) is 8.25. The van der Waals surface area contributed by atoms with Crippen LogP contribution in [0.2, 0.25) is 0 Å². The monoisotopic (exact) mass is 558 g/mol. The first-order valence-electron chi connectivity index (χ1n) is 12.2. The Bertz CT molecular complexity index is 1250. The fourth-order valence-electron chi connectivity index (χ4n) is 5.07. The highest BCUT2D eigenvalue weighted by Gasteiger charge is 2.33. The molecule has 2 fully saturated rings. The highest BCUT2D eigenvalue weighted by atomic mass is 32.2. The number of benzene rings is 1. The number of ether oxygens (including phenoxy) is 1. The molecule has 15 heteroatoms. The molecule has 38 heavy (non-hydrogen) atoms. The predicted octanol–water partition coefficient (Wildman–Crippen LogP) is 3.31. The molecule has 1 aliphatic carbocycles. The van der Waals surface area contributed by atoms with Crippen molar-refractivity contribution >= 4 is 27.3 Å². The van der Waals surface area contributed by atoms with E-state index in [2.05, 4.69) is 24.9 Å². The molecule has 11 nitrogen and oxygen atoms in total. The average Bonchev–Trinajstić information content (AvgIpc) is 2.83. The number of hydrogen-bond donors (Lipinski definition) is 2. The van der Waals surface area contributed by atoms with Gasteiger partial charge in [0.05, 0.1) is 16.4 Å². The molecule has 2 heterocycles. The number of aromatic nitrogens is 2. The lowest BCUT2D eigenvalue weighted by Gasteiger charge is -2.38. The van der Waals surface area contributed by atoms with Gasteiger partial charge in [0.2, 0.25) is 11.8 Å². The molecule has 0 atom stereocenters. The molecule has 1 saturated heterocycles. The van der Waals surface area contributed by atoms with Gasteiger partial charge in [-0.15, -0.1) is 13.2 Å². The van der Waals surface area contributed by atoms with Crippen molar-refractivity contribution in [2.24, 2.45) is 5.92 Å². The van der Waals surface area contributed by atoms with Crippen LogP contribution in [-0.4, -0.2) is 65.2 Å². The van der Waals surface area contributed by atoms with Crippen molar-refractivity contribution in [3.05, 3.63) is 45.6 Å². The summed E-state index contributed by atoms with van der Waals surface area (Å²) >= 11 is 0. The Balaban J connectivity index is 1.43. The van der Waals surface area contributed by atoms with Crippen LogP contribution in [0.4, 0.5) is 30.6 Å². The van der Waals surface area contributed by atoms with Gasteiger partial charge in [0.1, 0.15) is 11.4 Å². The summed E-state index contributed by atoms with van der Waals surface area (Å²) < 4.78 is 65.6. The van der Waals surface area contributed by atoms with Crippen LogP contribution in [0, 0.1) is 16.0 Å². The molecule has 0 unspecified atom stereocenters. The predicted molar refractivity (Wildman–Crippen MR) is 133 cm³/mol. The number of nitrogens with two attached hydrogens (primary N) is 1. The highest BCUT2D eigenvalue weighted by molar-refractivity contribution is 7.91. The molecule has 0 amide bonds. The van der Waals surface area contributed by atoms with E-state index in [1.165, 1.54) is 18.2 Å². The standard InChI is InChI=1S/C23H29F3N6O5S/c24-23(25,26)37-19-4-2-1-3-16(19)14-28-22-29-18(20(32(33)34)21(27)30-22)13-15-5-7-17(8-6-15)31-9-11-38(35,36)12-10-31/h1-4,15,17H,5-14H2,(H3,27,28,29,30). The minimum atomic E-state index is -4.86. The number of nitrogens with zero attached hydrogens (tertiary/aromatic N) is 4. The zero-order valence-electron chi connectivity index (χ0n) is 20.5. The Morgan fingerprint density at radius 1 is 1.13 bits per heavy atom. The Morgan fingerprint density at radius 3 is 2.42 bits per heavy atom. The Labute approximate surface area is 217 Å². The molecule has 0 radical (unpaired) electrons. The second-order valence-electron chi connectivity index (χ2n) is 9.56. The zero-order valence-corrected chi connectivity index (χ0v) is 21.3. The first-order valence-corrected chi connectivity index (χ1v) is 14.0. The molecule has 1 saturated carbocycles. The lowest BCUT2D eigenvalue weighted by molar-refractivity contribution is -0.385. The quantitative estimate of drug-likeness (QED) is 0.364. The van der Waals surface area contributed by atoms with Crippen molar-refractivity contribution in [1.29, 1.82) is 0 Å². The lowest BCUT2D eigenvalue weighted by Crippen LogP contribution is -2.47. The van der Waals surface area contributed by atoms with Crippen molar-refractivity contribution in [1.82, 2.24) is 14.9 Å². The molecule has 3 N–H and O–H groups in total. The van der Waals surface area contributed by atoms with Gasteiger partial charge in [0.15, 0.2) is 9.84 Å². The minimum Gasteiger partial charge on any atom is -0.405 e. The second-order valence-corrected chi connectivity index (χ2v) is 11.9. The van der Waals surface area contributed by atoms with Crippen molar-refractivity contribution in [3.8, 4) is 5.75 Å². The van der Waals surface area contributed by atoms with Crippen LogP contribution in [0.5, 0.6) is 5.75 Å². The second kappa shape index (κ2) is 11.3. The van der Waals surface area contributed by atoms with Gasteiger partial charge >= 0.3 is 12.0 Å². The molecule has 1 aromatic heterocycles. The van der Waals surface area contributed by atoms with E-state index in [1.54, 1.807) is 6.07 Å². The smallest absolute Gasteiger partial charge is 0.405 e. The number of sulfone groups is 1. The lowest BCUT2D eigenvalue weighted by atomic mass is 9.82. The summed E-state index contributed by atoms with van der Waals surface area (Å²) in [5, 5.41) is 14.5. The van der Waals surface area contributed by atoms with E-state index in [-0.39, 0.29) is 64.5 Å². The van der Waals surface area contributed by atoms with Crippen LogP contribution in [0.1, 0.15) is 36.9 Å². The molecule has 2 aliphatic rings. The SMILES string of the molecule is Nc1nc(NCc2ccccc2OC(F)(F)F)nc(CC2CCC(N3CCS(=O)(=O)CC3)CC2)c1[N+](=O)[O-]. The summed E-state index contributed by atoms with van der Waals surface area (Å²) in [6.07, 6.45) is -1.28. The van der Waals surface area contributed by atoms with E-state index in [9.17, 15) is 31.7 Å². The van der Waals surface area contributed by atoms with Crippen molar-refractivity contribution in [2.45, 2.75) is 51.1 Å². The van der Waals surface area contributed by atoms with E-state index in [4.69, 9.17) is 5.73 Å². The maximum Gasteiger partial charge on any atom is 0.573 e. The first-order chi connectivity index (χ1) is 17.9. The van der Waals surface area contributed by atoms with Crippen molar-refractivity contribution in [2.75, 3.05) is 35.6 Å². The van der Waals surface area contributed by atoms with E-state index in [0.29, 0.717) is 19.5 Å². The Hall–Kier alpha value is -3.20. The topological polar surface area (TPSA) is 154 Å². The summed E-state index contributed by atoms with van der Waals surface area (Å²) in [6.45, 7) is 0.926.